The van der Waals surface area contributed by atoms with Crippen molar-refractivity contribution in [2.45, 2.75) is 38.8 Å². The number of rotatable bonds is 6. The third kappa shape index (κ3) is 4.79. The van der Waals surface area contributed by atoms with Crippen LogP contribution >= 0.6 is 0 Å². The highest BCUT2D eigenvalue weighted by molar-refractivity contribution is 6.21. The van der Waals surface area contributed by atoms with E-state index in [4.69, 9.17) is 5.73 Å². The molecule has 0 spiro atoms. The number of benzene rings is 2. The predicted octanol–water partition coefficient (Wildman–Crippen LogP) is 3.53. The van der Waals surface area contributed by atoms with Crippen molar-refractivity contribution in [3.8, 4) is 0 Å². The number of hydrazone groups is 1. The van der Waals surface area contributed by atoms with Crippen LogP contribution in [0, 0.1) is 6.92 Å². The molecule has 0 fully saturated rings. The number of halogens is 3. The lowest BCUT2D eigenvalue weighted by molar-refractivity contribution is -0.137. The summed E-state index contributed by atoms with van der Waals surface area (Å²) in [4.78, 5) is 37.1. The van der Waals surface area contributed by atoms with Crippen molar-refractivity contribution in [1.82, 2.24) is 5.43 Å². The molecule has 3 rings (SSSR count). The van der Waals surface area contributed by atoms with E-state index < -0.39 is 35.4 Å². The van der Waals surface area contributed by atoms with Gasteiger partial charge in [-0.2, -0.15) is 18.3 Å². The van der Waals surface area contributed by atoms with Crippen LogP contribution in [0.2, 0.25) is 0 Å². The van der Waals surface area contributed by atoms with Crippen molar-refractivity contribution >= 4 is 34.8 Å². The molecule has 0 saturated carbocycles. The molecule has 1 aliphatic heterocycles. The molecule has 1 unspecified atom stereocenters. The monoisotopic (exact) mass is 446 g/mol. The number of amides is 3. The number of nitrogens with zero attached hydrogens (tertiary/aromatic N) is 2. The molecular weight excluding hydrogens is 425 g/mol. The quantitative estimate of drug-likeness (QED) is 0.524. The molecule has 2 aromatic carbocycles. The van der Waals surface area contributed by atoms with Gasteiger partial charge in [0.05, 0.1) is 17.0 Å². The summed E-state index contributed by atoms with van der Waals surface area (Å²) in [7, 11) is 0. The van der Waals surface area contributed by atoms with E-state index in [1.165, 1.54) is 17.9 Å². The number of carbonyl (C=O) groups is 3. The molecule has 1 atom stereocenters. The maximum atomic E-state index is 13.3. The number of nitrogens with two attached hydrogens (primary N) is 1. The van der Waals surface area contributed by atoms with Gasteiger partial charge in [0.25, 0.3) is 0 Å². The standard InChI is InChI=1S/C22H21F3N4O3/c1-12-3-6-15(7-4-12)29-17-11-14(22(23,24)25)5-8-16(17)20(21(29)32)13(2)27-28-19(31)10-9-18(26)30/h3-8,11,20H,9-10H2,1-2H3,(H2,26,30)(H,28,31)/b27-13-. The average Bonchev–Trinajstić information content (AvgIpc) is 3.01. The van der Waals surface area contributed by atoms with E-state index in [0.717, 1.165) is 17.7 Å². The van der Waals surface area contributed by atoms with E-state index in [9.17, 15) is 27.6 Å². The molecule has 0 radical (unpaired) electrons. The molecule has 1 heterocycles. The van der Waals surface area contributed by atoms with Gasteiger partial charge in [-0.15, -0.1) is 0 Å². The Bertz CT molecular complexity index is 1090. The lowest BCUT2D eigenvalue weighted by Gasteiger charge is -2.19. The number of carbonyl (C=O) groups excluding carboxylic acids is 3. The van der Waals surface area contributed by atoms with Gasteiger partial charge in [-0.25, -0.2) is 5.43 Å². The van der Waals surface area contributed by atoms with E-state index >= 15 is 0 Å². The molecule has 32 heavy (non-hydrogen) atoms. The van der Waals surface area contributed by atoms with Crippen LogP contribution in [0.4, 0.5) is 24.5 Å². The maximum Gasteiger partial charge on any atom is 0.416 e. The number of primary amides is 1. The number of nitrogens with one attached hydrogen (secondary N) is 1. The van der Waals surface area contributed by atoms with Crippen LogP contribution in [-0.2, 0) is 20.6 Å². The molecule has 2 aromatic rings. The SMILES string of the molecule is C/C(=N/NC(=O)CCC(N)=O)C1C(=O)N(c2ccc(C)cc2)c2cc(C(F)(F)F)ccc21. The zero-order valence-corrected chi connectivity index (χ0v) is 17.4. The summed E-state index contributed by atoms with van der Waals surface area (Å²) >= 11 is 0. The second kappa shape index (κ2) is 8.81. The van der Waals surface area contributed by atoms with Gasteiger partial charge in [0.2, 0.25) is 17.7 Å². The first-order valence-corrected chi connectivity index (χ1v) is 9.72. The van der Waals surface area contributed by atoms with Crippen molar-refractivity contribution in [2.75, 3.05) is 4.90 Å². The van der Waals surface area contributed by atoms with Gasteiger partial charge >= 0.3 is 6.18 Å². The fourth-order valence-electron chi connectivity index (χ4n) is 3.41. The van der Waals surface area contributed by atoms with Crippen molar-refractivity contribution in [3.63, 3.8) is 0 Å². The molecule has 7 nitrogen and oxygen atoms in total. The second-order valence-corrected chi connectivity index (χ2v) is 7.47. The minimum atomic E-state index is -4.58. The Labute approximate surface area is 182 Å². The largest absolute Gasteiger partial charge is 0.416 e. The third-order valence-electron chi connectivity index (χ3n) is 5.04. The Morgan fingerprint density at radius 3 is 2.38 bits per heavy atom. The molecular formula is C22H21F3N4O3. The number of alkyl halides is 3. The van der Waals surface area contributed by atoms with Crippen LogP contribution in [0.5, 0.6) is 0 Å². The summed E-state index contributed by atoms with van der Waals surface area (Å²) in [5.41, 5.74) is 8.37. The molecule has 1 aliphatic rings. The van der Waals surface area contributed by atoms with Crippen molar-refractivity contribution in [3.05, 3.63) is 59.2 Å². The molecule has 3 amide bonds. The summed E-state index contributed by atoms with van der Waals surface area (Å²) in [6, 6.07) is 9.91. The summed E-state index contributed by atoms with van der Waals surface area (Å²) in [6.07, 6.45) is -4.91. The van der Waals surface area contributed by atoms with Gasteiger partial charge in [-0.3, -0.25) is 19.3 Å². The predicted molar refractivity (Wildman–Crippen MR) is 112 cm³/mol. The van der Waals surface area contributed by atoms with Gasteiger partial charge < -0.3 is 5.73 Å². The van der Waals surface area contributed by atoms with Gasteiger partial charge in [0.1, 0.15) is 5.92 Å². The maximum absolute atomic E-state index is 13.3. The van der Waals surface area contributed by atoms with E-state index in [-0.39, 0.29) is 24.2 Å². The molecule has 0 aromatic heterocycles. The Balaban J connectivity index is 1.99. The highest BCUT2D eigenvalue weighted by atomic mass is 19.4. The number of aryl methyl sites for hydroxylation is 1. The van der Waals surface area contributed by atoms with Crippen LogP contribution in [0.15, 0.2) is 47.6 Å². The van der Waals surface area contributed by atoms with Crippen LogP contribution in [0.1, 0.15) is 42.4 Å². The van der Waals surface area contributed by atoms with Crippen molar-refractivity contribution in [2.24, 2.45) is 10.8 Å². The molecule has 0 aliphatic carbocycles. The third-order valence-corrected chi connectivity index (χ3v) is 5.04. The van der Waals surface area contributed by atoms with Crippen molar-refractivity contribution < 1.29 is 27.6 Å². The Kier molecular flexibility index (Phi) is 6.33. The molecule has 10 heteroatoms. The van der Waals surface area contributed by atoms with Crippen LogP contribution in [-0.4, -0.2) is 23.4 Å². The molecule has 3 N–H and O–H groups in total. The van der Waals surface area contributed by atoms with Gasteiger partial charge in [0.15, 0.2) is 0 Å². The zero-order valence-electron chi connectivity index (χ0n) is 17.4. The summed E-state index contributed by atoms with van der Waals surface area (Å²) < 4.78 is 40.0. The normalized spacial score (nSPS) is 16.2. The first kappa shape index (κ1) is 23.0. The van der Waals surface area contributed by atoms with Crippen molar-refractivity contribution in [1.29, 1.82) is 0 Å². The van der Waals surface area contributed by atoms with Gasteiger partial charge in [-0.1, -0.05) is 23.8 Å². The summed E-state index contributed by atoms with van der Waals surface area (Å²) in [5.74, 6) is -2.69. The number of hydrogen-bond acceptors (Lipinski definition) is 4. The van der Waals surface area contributed by atoms with Crippen LogP contribution in [0.25, 0.3) is 0 Å². The second-order valence-electron chi connectivity index (χ2n) is 7.47. The number of fused-ring (bicyclic) bond motifs is 1. The van der Waals surface area contributed by atoms with Gasteiger partial charge in [-0.05, 0) is 43.7 Å². The Hall–Kier alpha value is -3.69. The highest BCUT2D eigenvalue weighted by Gasteiger charge is 2.42. The summed E-state index contributed by atoms with van der Waals surface area (Å²) in [6.45, 7) is 3.35. The van der Waals surface area contributed by atoms with E-state index in [1.807, 2.05) is 6.92 Å². The van der Waals surface area contributed by atoms with E-state index in [0.29, 0.717) is 11.3 Å². The zero-order chi connectivity index (χ0) is 23.6. The Morgan fingerprint density at radius 1 is 1.12 bits per heavy atom. The number of anilines is 2. The lowest BCUT2D eigenvalue weighted by Crippen LogP contribution is -2.29. The van der Waals surface area contributed by atoms with Crippen LogP contribution < -0.4 is 16.1 Å². The minimum absolute atomic E-state index is 0.105. The van der Waals surface area contributed by atoms with E-state index in [1.54, 1.807) is 24.3 Å². The Morgan fingerprint density at radius 2 is 1.78 bits per heavy atom. The minimum Gasteiger partial charge on any atom is -0.370 e. The molecule has 168 valence electrons. The summed E-state index contributed by atoms with van der Waals surface area (Å²) in [5, 5.41) is 3.94. The molecule has 0 saturated heterocycles. The fourth-order valence-corrected chi connectivity index (χ4v) is 3.41. The average molecular weight is 446 g/mol. The molecule has 0 bridgehead atoms. The topological polar surface area (TPSA) is 105 Å². The first-order chi connectivity index (χ1) is 15.0. The fraction of sp³-hybridized carbons (Fsp3) is 0.273. The van der Waals surface area contributed by atoms with Gasteiger partial charge in [0, 0.05) is 18.5 Å². The number of hydrogen-bond donors (Lipinski definition) is 2. The highest BCUT2D eigenvalue weighted by Crippen LogP contribution is 2.45. The first-order valence-electron chi connectivity index (χ1n) is 9.72. The smallest absolute Gasteiger partial charge is 0.370 e. The van der Waals surface area contributed by atoms with E-state index in [2.05, 4.69) is 10.5 Å². The lowest BCUT2D eigenvalue weighted by atomic mass is 9.95. The van der Waals surface area contributed by atoms with Crippen LogP contribution in [0.3, 0.4) is 0 Å².